The van der Waals surface area contributed by atoms with Crippen molar-refractivity contribution in [3.05, 3.63) is 23.8 Å². The summed E-state index contributed by atoms with van der Waals surface area (Å²) in [4.78, 5) is 11.6. The van der Waals surface area contributed by atoms with Crippen LogP contribution in [0.25, 0.3) is 0 Å². The molecule has 0 fully saturated rings. The van der Waals surface area contributed by atoms with Gasteiger partial charge in [-0.1, -0.05) is 0 Å². The molecule has 4 nitrogen and oxygen atoms in total. The van der Waals surface area contributed by atoms with Crippen LogP contribution in [0.15, 0.2) is 23.1 Å². The second kappa shape index (κ2) is 4.93. The lowest BCUT2D eigenvalue weighted by atomic mass is 10.2. The Bertz CT molecular complexity index is 404. The minimum Gasteiger partial charge on any atom is -0.399 e. The molecule has 0 heterocycles. The highest BCUT2D eigenvalue weighted by Gasteiger charge is 2.09. The first-order valence-electron chi connectivity index (χ1n) is 4.49. The molecule has 0 saturated heterocycles. The number of nitrogens with one attached hydrogen (secondary N) is 1. The molecule has 1 atom stereocenters. The summed E-state index contributed by atoms with van der Waals surface area (Å²) in [6.07, 6.45) is 0. The van der Waals surface area contributed by atoms with Crippen LogP contribution in [0.3, 0.4) is 0 Å². The van der Waals surface area contributed by atoms with Gasteiger partial charge in [0.05, 0.1) is 10.8 Å². The molecule has 1 rings (SSSR count). The van der Waals surface area contributed by atoms with Crippen LogP contribution in [0.2, 0.25) is 0 Å². The van der Waals surface area contributed by atoms with Crippen LogP contribution in [0.5, 0.6) is 0 Å². The molecule has 0 radical (unpaired) electrons. The zero-order valence-electron chi connectivity index (χ0n) is 8.74. The highest BCUT2D eigenvalue weighted by molar-refractivity contribution is 7.85. The normalized spacial score (nSPS) is 12.1. The van der Waals surface area contributed by atoms with Gasteiger partial charge in [0.2, 0.25) is 5.91 Å². The van der Waals surface area contributed by atoms with E-state index < -0.39 is 10.8 Å². The maximum atomic E-state index is 11.7. The topological polar surface area (TPSA) is 72.2 Å². The van der Waals surface area contributed by atoms with Gasteiger partial charge in [-0.2, -0.15) is 0 Å². The predicted octanol–water partition coefficient (Wildman–Crippen LogP) is 0.431. The van der Waals surface area contributed by atoms with E-state index in [2.05, 4.69) is 5.32 Å². The minimum atomic E-state index is -1.30. The summed E-state index contributed by atoms with van der Waals surface area (Å²) in [5, 5.41) is 2.43. The van der Waals surface area contributed by atoms with E-state index in [1.165, 1.54) is 7.05 Å². The van der Waals surface area contributed by atoms with Crippen LogP contribution >= 0.6 is 0 Å². The van der Waals surface area contributed by atoms with Crippen molar-refractivity contribution in [1.29, 1.82) is 0 Å². The Morgan fingerprint density at radius 1 is 1.53 bits per heavy atom. The van der Waals surface area contributed by atoms with Crippen molar-refractivity contribution in [2.45, 2.75) is 11.8 Å². The van der Waals surface area contributed by atoms with Crippen LogP contribution in [0, 0.1) is 6.92 Å². The third-order valence-electron chi connectivity index (χ3n) is 2.05. The van der Waals surface area contributed by atoms with Gasteiger partial charge in [0.25, 0.3) is 0 Å². The van der Waals surface area contributed by atoms with Crippen LogP contribution in [-0.2, 0) is 15.6 Å². The summed E-state index contributed by atoms with van der Waals surface area (Å²) < 4.78 is 11.7. The summed E-state index contributed by atoms with van der Waals surface area (Å²) in [6.45, 7) is 1.84. The third kappa shape index (κ3) is 3.06. The summed E-state index contributed by atoms with van der Waals surface area (Å²) in [5.74, 6) is -0.248. The molecular formula is C10H14N2O2S. The van der Waals surface area contributed by atoms with E-state index in [-0.39, 0.29) is 11.7 Å². The highest BCUT2D eigenvalue weighted by atomic mass is 32.2. The minimum absolute atomic E-state index is 0.0140. The number of hydrogen-bond donors (Lipinski definition) is 2. The van der Waals surface area contributed by atoms with E-state index in [0.29, 0.717) is 10.6 Å². The lowest BCUT2D eigenvalue weighted by molar-refractivity contribution is -0.118. The molecular weight excluding hydrogens is 212 g/mol. The molecule has 0 bridgehead atoms. The van der Waals surface area contributed by atoms with E-state index >= 15 is 0 Å². The zero-order valence-corrected chi connectivity index (χ0v) is 9.56. The zero-order chi connectivity index (χ0) is 11.4. The van der Waals surface area contributed by atoms with Gasteiger partial charge < -0.3 is 11.1 Å². The number of rotatable bonds is 3. The Hall–Kier alpha value is -1.36. The molecule has 1 unspecified atom stereocenters. The van der Waals surface area contributed by atoms with E-state index in [1.54, 1.807) is 18.2 Å². The van der Waals surface area contributed by atoms with Gasteiger partial charge in [-0.15, -0.1) is 0 Å². The van der Waals surface area contributed by atoms with Crippen molar-refractivity contribution in [2.24, 2.45) is 0 Å². The lowest BCUT2D eigenvalue weighted by Gasteiger charge is -2.04. The molecule has 5 heteroatoms. The van der Waals surface area contributed by atoms with Gasteiger partial charge in [0.15, 0.2) is 0 Å². The number of carbonyl (C=O) groups excluding carboxylic acids is 1. The number of nitrogens with two attached hydrogens (primary N) is 1. The molecule has 0 saturated carbocycles. The molecule has 1 amide bonds. The summed E-state index contributed by atoms with van der Waals surface area (Å²) in [6, 6.07) is 5.13. The molecule has 3 N–H and O–H groups in total. The Labute approximate surface area is 91.3 Å². The number of amides is 1. The van der Waals surface area contributed by atoms with E-state index in [4.69, 9.17) is 5.73 Å². The van der Waals surface area contributed by atoms with Crippen molar-refractivity contribution in [2.75, 3.05) is 18.5 Å². The predicted molar refractivity (Wildman–Crippen MR) is 60.9 cm³/mol. The number of carbonyl (C=O) groups is 1. The van der Waals surface area contributed by atoms with E-state index in [0.717, 1.165) is 5.56 Å². The largest absolute Gasteiger partial charge is 0.399 e. The van der Waals surface area contributed by atoms with Crippen LogP contribution < -0.4 is 11.1 Å². The maximum absolute atomic E-state index is 11.7. The fraction of sp³-hybridized carbons (Fsp3) is 0.300. The molecule has 0 aliphatic rings. The van der Waals surface area contributed by atoms with Gasteiger partial charge in [-0.25, -0.2) is 0 Å². The van der Waals surface area contributed by atoms with Crippen molar-refractivity contribution in [1.82, 2.24) is 5.32 Å². The molecule has 0 aromatic heterocycles. The van der Waals surface area contributed by atoms with Crippen LogP contribution in [0.4, 0.5) is 5.69 Å². The summed E-state index contributed by atoms with van der Waals surface area (Å²) in [5.41, 5.74) is 7.17. The second-order valence-electron chi connectivity index (χ2n) is 3.18. The molecule has 0 aliphatic carbocycles. The Balaban J connectivity index is 2.83. The molecule has 1 aromatic rings. The van der Waals surface area contributed by atoms with Crippen molar-refractivity contribution in [3.63, 3.8) is 0 Å². The first-order chi connectivity index (χ1) is 7.04. The average molecular weight is 226 g/mol. The van der Waals surface area contributed by atoms with Gasteiger partial charge in [0, 0.05) is 17.6 Å². The fourth-order valence-corrected chi connectivity index (χ4v) is 2.14. The van der Waals surface area contributed by atoms with E-state index in [9.17, 15) is 9.00 Å². The summed E-state index contributed by atoms with van der Waals surface area (Å²) in [7, 11) is 0.222. The van der Waals surface area contributed by atoms with Crippen LogP contribution in [-0.4, -0.2) is 22.9 Å². The van der Waals surface area contributed by atoms with Gasteiger partial charge in [0.1, 0.15) is 5.75 Å². The summed E-state index contributed by atoms with van der Waals surface area (Å²) >= 11 is 0. The number of anilines is 1. The Kier molecular flexibility index (Phi) is 3.85. The van der Waals surface area contributed by atoms with Gasteiger partial charge >= 0.3 is 0 Å². The number of benzene rings is 1. The first kappa shape index (κ1) is 11.7. The maximum Gasteiger partial charge on any atom is 0.232 e. The van der Waals surface area contributed by atoms with Crippen LogP contribution in [0.1, 0.15) is 5.56 Å². The number of nitrogen functional groups attached to an aromatic ring is 1. The van der Waals surface area contributed by atoms with E-state index in [1.807, 2.05) is 6.92 Å². The SMILES string of the molecule is CNC(=O)CS(=O)c1ccc(N)c(C)c1. The van der Waals surface area contributed by atoms with Crippen molar-refractivity contribution >= 4 is 22.4 Å². The fourth-order valence-electron chi connectivity index (χ4n) is 1.06. The number of aryl methyl sites for hydroxylation is 1. The number of hydrogen-bond acceptors (Lipinski definition) is 3. The highest BCUT2D eigenvalue weighted by Crippen LogP contribution is 2.15. The standard InChI is InChI=1S/C10H14N2O2S/c1-7-5-8(3-4-9(7)11)15(14)6-10(13)12-2/h3-5H,6,11H2,1-2H3,(H,12,13). The smallest absolute Gasteiger partial charge is 0.232 e. The monoisotopic (exact) mass is 226 g/mol. The third-order valence-corrected chi connectivity index (χ3v) is 3.35. The average Bonchev–Trinajstić information content (AvgIpc) is 2.21. The van der Waals surface area contributed by atoms with Gasteiger partial charge in [-0.3, -0.25) is 9.00 Å². The lowest BCUT2D eigenvalue weighted by Crippen LogP contribution is -2.24. The molecule has 15 heavy (non-hydrogen) atoms. The van der Waals surface area contributed by atoms with Crippen molar-refractivity contribution < 1.29 is 9.00 Å². The molecule has 0 spiro atoms. The quantitative estimate of drug-likeness (QED) is 0.734. The molecule has 1 aromatic carbocycles. The van der Waals surface area contributed by atoms with Crippen molar-refractivity contribution in [3.8, 4) is 0 Å². The second-order valence-corrected chi connectivity index (χ2v) is 4.63. The molecule has 0 aliphatic heterocycles. The first-order valence-corrected chi connectivity index (χ1v) is 5.81. The Morgan fingerprint density at radius 2 is 2.20 bits per heavy atom. The molecule has 82 valence electrons. The van der Waals surface area contributed by atoms with Gasteiger partial charge in [-0.05, 0) is 30.7 Å². The Morgan fingerprint density at radius 3 is 2.73 bits per heavy atom.